The van der Waals surface area contributed by atoms with Crippen molar-refractivity contribution in [3.63, 3.8) is 0 Å². The van der Waals surface area contributed by atoms with Gasteiger partial charge in [-0.15, -0.1) is 0 Å². The van der Waals surface area contributed by atoms with E-state index in [2.05, 4.69) is 10.6 Å². The fourth-order valence-corrected chi connectivity index (χ4v) is 1.67. The molecule has 0 bridgehead atoms. The second-order valence-corrected chi connectivity index (χ2v) is 4.57. The van der Waals surface area contributed by atoms with Crippen LogP contribution in [0.15, 0.2) is 24.3 Å². The summed E-state index contributed by atoms with van der Waals surface area (Å²) in [6, 6.07) is 7.41. The second-order valence-electron chi connectivity index (χ2n) is 4.57. The maximum Gasteiger partial charge on any atom is 0.253 e. The van der Waals surface area contributed by atoms with E-state index in [1.807, 2.05) is 32.0 Å². The number of methoxy groups -OCH3 is 1. The van der Waals surface area contributed by atoms with E-state index in [0.717, 1.165) is 5.69 Å². The third-order valence-electron chi connectivity index (χ3n) is 2.40. The van der Waals surface area contributed by atoms with E-state index in [9.17, 15) is 4.79 Å². The number of carbonyl (C=O) groups excluding carboxylic acids is 1. The summed E-state index contributed by atoms with van der Waals surface area (Å²) in [6.45, 7) is 4.33. The lowest BCUT2D eigenvalue weighted by atomic mass is 10.1. The molecular formula is C13H20N2O2. The Bertz CT molecular complexity index is 389. The molecule has 0 fully saturated rings. The van der Waals surface area contributed by atoms with Crippen molar-refractivity contribution in [1.29, 1.82) is 0 Å². The Balaban J connectivity index is 2.83. The summed E-state index contributed by atoms with van der Waals surface area (Å²) in [5.74, 6) is -0.1000. The normalized spacial score (nSPS) is 11.1. The number of ether oxygens (including phenoxy) is 1. The van der Waals surface area contributed by atoms with Gasteiger partial charge in [0.1, 0.15) is 0 Å². The zero-order valence-electron chi connectivity index (χ0n) is 10.8. The second kappa shape index (κ2) is 5.68. The van der Waals surface area contributed by atoms with Crippen molar-refractivity contribution in [3.8, 4) is 0 Å². The molecule has 1 rings (SSSR count). The van der Waals surface area contributed by atoms with Crippen LogP contribution in [0.2, 0.25) is 0 Å². The predicted octanol–water partition coefficient (Wildman–Crippen LogP) is 1.88. The highest BCUT2D eigenvalue weighted by Gasteiger charge is 2.22. The van der Waals surface area contributed by atoms with Gasteiger partial charge in [-0.25, -0.2) is 0 Å². The van der Waals surface area contributed by atoms with Crippen LogP contribution < -0.4 is 10.6 Å². The van der Waals surface area contributed by atoms with Crippen molar-refractivity contribution in [3.05, 3.63) is 29.8 Å². The molecule has 2 N–H and O–H groups in total. The van der Waals surface area contributed by atoms with Crippen LogP contribution >= 0.6 is 0 Å². The van der Waals surface area contributed by atoms with Crippen molar-refractivity contribution >= 4 is 11.6 Å². The molecule has 0 aromatic heterocycles. The molecule has 4 nitrogen and oxygen atoms in total. The van der Waals surface area contributed by atoms with Crippen LogP contribution in [-0.2, 0) is 4.74 Å². The Labute approximate surface area is 102 Å². The minimum Gasteiger partial charge on any atom is -0.387 e. The van der Waals surface area contributed by atoms with Crippen LogP contribution in [0.1, 0.15) is 24.2 Å². The minimum atomic E-state index is -0.382. The molecule has 4 heteroatoms. The summed E-state index contributed by atoms with van der Waals surface area (Å²) in [5.41, 5.74) is 1.07. The summed E-state index contributed by atoms with van der Waals surface area (Å²) in [4.78, 5) is 12.1. The highest BCUT2D eigenvalue weighted by Crippen LogP contribution is 2.15. The van der Waals surface area contributed by atoms with Gasteiger partial charge in [0.2, 0.25) is 0 Å². The van der Waals surface area contributed by atoms with Crippen molar-refractivity contribution in [2.45, 2.75) is 19.4 Å². The minimum absolute atomic E-state index is 0.1000. The van der Waals surface area contributed by atoms with E-state index >= 15 is 0 Å². The molecule has 0 aliphatic carbocycles. The molecule has 0 heterocycles. The Morgan fingerprint density at radius 2 is 2.00 bits per heavy atom. The fourth-order valence-electron chi connectivity index (χ4n) is 1.67. The molecule has 1 amide bonds. The molecule has 0 saturated carbocycles. The van der Waals surface area contributed by atoms with Crippen molar-refractivity contribution in [2.75, 3.05) is 26.1 Å². The Morgan fingerprint density at radius 3 is 2.59 bits per heavy atom. The van der Waals surface area contributed by atoms with E-state index < -0.39 is 0 Å². The van der Waals surface area contributed by atoms with Crippen molar-refractivity contribution < 1.29 is 9.53 Å². The lowest BCUT2D eigenvalue weighted by Gasteiger charge is -2.25. The first kappa shape index (κ1) is 13.5. The Kier molecular flexibility index (Phi) is 4.52. The molecule has 17 heavy (non-hydrogen) atoms. The topological polar surface area (TPSA) is 50.4 Å². The lowest BCUT2D eigenvalue weighted by molar-refractivity contribution is 0.0821. The molecule has 0 aliphatic heterocycles. The number of hydrogen-bond donors (Lipinski definition) is 2. The maximum atomic E-state index is 12.1. The smallest absolute Gasteiger partial charge is 0.253 e. The standard InChI is InChI=1S/C13H20N2O2/c1-13(2,9-17-4)15-12(16)10-7-5-6-8-11(10)14-3/h5-8,14H,9H2,1-4H3,(H,15,16). The largest absolute Gasteiger partial charge is 0.387 e. The highest BCUT2D eigenvalue weighted by atomic mass is 16.5. The number of carbonyl (C=O) groups is 1. The van der Waals surface area contributed by atoms with Crippen molar-refractivity contribution in [2.24, 2.45) is 0 Å². The maximum absolute atomic E-state index is 12.1. The number of hydrogen-bond acceptors (Lipinski definition) is 3. The summed E-state index contributed by atoms with van der Waals surface area (Å²) in [6.07, 6.45) is 0. The molecule has 0 radical (unpaired) electrons. The number of rotatable bonds is 5. The molecular weight excluding hydrogens is 216 g/mol. The van der Waals surface area contributed by atoms with E-state index in [0.29, 0.717) is 12.2 Å². The van der Waals surface area contributed by atoms with Gasteiger partial charge >= 0.3 is 0 Å². The van der Waals surface area contributed by atoms with Crippen LogP contribution in [-0.4, -0.2) is 32.2 Å². The molecule has 0 aliphatic rings. The highest BCUT2D eigenvalue weighted by molar-refractivity contribution is 5.99. The van der Waals surface area contributed by atoms with E-state index in [1.54, 1.807) is 20.2 Å². The summed E-state index contributed by atoms with van der Waals surface area (Å²) < 4.78 is 5.07. The van der Waals surface area contributed by atoms with Gasteiger partial charge in [0, 0.05) is 19.8 Å². The molecule has 1 aromatic rings. The number of para-hydroxylation sites is 1. The Hall–Kier alpha value is -1.55. The van der Waals surface area contributed by atoms with E-state index in [-0.39, 0.29) is 11.4 Å². The van der Waals surface area contributed by atoms with Crippen molar-refractivity contribution in [1.82, 2.24) is 5.32 Å². The third kappa shape index (κ3) is 3.75. The van der Waals surface area contributed by atoms with Crippen LogP contribution in [0.4, 0.5) is 5.69 Å². The number of amides is 1. The van der Waals surface area contributed by atoms with Gasteiger partial charge in [0.25, 0.3) is 5.91 Å². The van der Waals surface area contributed by atoms with Gasteiger partial charge in [-0.05, 0) is 26.0 Å². The van der Waals surface area contributed by atoms with Crippen LogP contribution in [0.5, 0.6) is 0 Å². The summed E-state index contributed by atoms with van der Waals surface area (Å²) in [5, 5.41) is 5.95. The third-order valence-corrected chi connectivity index (χ3v) is 2.40. The van der Waals surface area contributed by atoms with Gasteiger partial charge in [0.05, 0.1) is 17.7 Å². The van der Waals surface area contributed by atoms with Crippen LogP contribution in [0.3, 0.4) is 0 Å². The number of anilines is 1. The quantitative estimate of drug-likeness (QED) is 0.820. The molecule has 0 saturated heterocycles. The molecule has 94 valence electrons. The first-order valence-electron chi connectivity index (χ1n) is 5.58. The average molecular weight is 236 g/mol. The zero-order chi connectivity index (χ0) is 12.9. The SMILES string of the molecule is CNc1ccccc1C(=O)NC(C)(C)COC. The molecule has 1 aromatic carbocycles. The summed E-state index contributed by atoms with van der Waals surface area (Å²) in [7, 11) is 3.42. The molecule has 0 atom stereocenters. The summed E-state index contributed by atoms with van der Waals surface area (Å²) >= 11 is 0. The van der Waals surface area contributed by atoms with Gasteiger partial charge in [-0.2, -0.15) is 0 Å². The predicted molar refractivity (Wildman–Crippen MR) is 69.4 cm³/mol. The van der Waals surface area contributed by atoms with E-state index in [4.69, 9.17) is 4.74 Å². The Morgan fingerprint density at radius 1 is 1.35 bits per heavy atom. The zero-order valence-corrected chi connectivity index (χ0v) is 10.8. The van der Waals surface area contributed by atoms with Crippen LogP contribution in [0, 0.1) is 0 Å². The monoisotopic (exact) mass is 236 g/mol. The first-order chi connectivity index (χ1) is 8.00. The average Bonchev–Trinajstić information content (AvgIpc) is 2.28. The molecule has 0 unspecified atom stereocenters. The number of benzene rings is 1. The molecule has 0 spiro atoms. The van der Waals surface area contributed by atoms with Gasteiger partial charge in [-0.3, -0.25) is 4.79 Å². The fraction of sp³-hybridized carbons (Fsp3) is 0.462. The lowest BCUT2D eigenvalue weighted by Crippen LogP contribution is -2.46. The van der Waals surface area contributed by atoms with E-state index in [1.165, 1.54) is 0 Å². The number of nitrogens with one attached hydrogen (secondary N) is 2. The van der Waals surface area contributed by atoms with Gasteiger partial charge in [-0.1, -0.05) is 12.1 Å². The van der Waals surface area contributed by atoms with Gasteiger partial charge in [0.15, 0.2) is 0 Å². The van der Waals surface area contributed by atoms with Crippen LogP contribution in [0.25, 0.3) is 0 Å². The first-order valence-corrected chi connectivity index (χ1v) is 5.58. The van der Waals surface area contributed by atoms with Gasteiger partial charge < -0.3 is 15.4 Å².